The van der Waals surface area contributed by atoms with Crippen molar-refractivity contribution in [1.29, 1.82) is 0 Å². The van der Waals surface area contributed by atoms with E-state index in [1.165, 1.54) is 93.0 Å². The average Bonchev–Trinajstić information content (AvgIpc) is 1.59. The molecule has 0 amide bonds. The van der Waals surface area contributed by atoms with E-state index in [-0.39, 0.29) is 0 Å². The molecule has 5 nitrogen and oxygen atoms in total. The van der Waals surface area contributed by atoms with Crippen molar-refractivity contribution in [3.05, 3.63) is 340 Å². The summed E-state index contributed by atoms with van der Waals surface area (Å²) in [7, 11) is 0. The topological polar surface area (TPSA) is 32.9 Å². The summed E-state index contributed by atoms with van der Waals surface area (Å²) < 4.78 is 16.1. The highest BCUT2D eigenvalue weighted by molar-refractivity contribution is 6.22. The van der Waals surface area contributed by atoms with Crippen LogP contribution in [0, 0.1) is 0 Å². The summed E-state index contributed by atoms with van der Waals surface area (Å²) in [5.74, 6) is 0. The van der Waals surface area contributed by atoms with Gasteiger partial charge in [0, 0.05) is 76.6 Å². The highest BCUT2D eigenvalue weighted by atomic mass is 16.3. The zero-order chi connectivity index (χ0) is 62.2. The first kappa shape index (κ1) is 53.0. The second-order valence-electron chi connectivity index (χ2n) is 25.1. The summed E-state index contributed by atoms with van der Waals surface area (Å²) in [6.45, 7) is 0. The number of furan rings is 1. The Labute approximate surface area is 546 Å². The molecule has 5 heteroatoms. The summed E-state index contributed by atoms with van der Waals surface area (Å²) in [6, 6.07) is 125. The van der Waals surface area contributed by atoms with Crippen LogP contribution < -0.4 is 0 Å². The van der Waals surface area contributed by atoms with E-state index < -0.39 is 0 Å². The lowest BCUT2D eigenvalue weighted by molar-refractivity contribution is 0.669. The third-order valence-corrected chi connectivity index (χ3v) is 20.0. The summed E-state index contributed by atoms with van der Waals surface area (Å²) in [5, 5.41) is 11.9. The van der Waals surface area contributed by atoms with Gasteiger partial charge >= 0.3 is 0 Å². The van der Waals surface area contributed by atoms with Crippen LogP contribution in [-0.2, 0) is 0 Å². The minimum Gasteiger partial charge on any atom is -0.456 e. The predicted octanol–water partition coefficient (Wildman–Crippen LogP) is 24.3. The number of fused-ring (bicyclic) bond motifs is 15. The Hall–Kier alpha value is -12.7. The summed E-state index contributed by atoms with van der Waals surface area (Å²) in [4.78, 5) is 0. The first-order valence-corrected chi connectivity index (χ1v) is 32.6. The fraction of sp³-hybridized carbons (Fsp3) is 0. The molecule has 20 rings (SSSR count). The molecule has 0 atom stereocenters. The monoisotopic (exact) mass is 1210 g/mol. The van der Waals surface area contributed by atoms with Gasteiger partial charge < -0.3 is 22.7 Å². The second kappa shape index (κ2) is 20.9. The molecule has 0 bridgehead atoms. The Bertz CT molecular complexity index is 6480. The van der Waals surface area contributed by atoms with E-state index in [9.17, 15) is 0 Å². The third-order valence-electron chi connectivity index (χ3n) is 20.0. The minimum atomic E-state index is 0.882. The fourth-order valence-corrected chi connectivity index (χ4v) is 15.8. The number of benzene rings is 15. The van der Waals surface area contributed by atoms with Crippen molar-refractivity contribution < 1.29 is 4.42 Å². The van der Waals surface area contributed by atoms with Crippen LogP contribution >= 0.6 is 0 Å². The molecule has 0 spiro atoms. The molecule has 0 unspecified atom stereocenters. The maximum atomic E-state index is 6.36. The first-order chi connectivity index (χ1) is 47.1. The first-order valence-electron chi connectivity index (χ1n) is 32.6. The lowest BCUT2D eigenvalue weighted by Crippen LogP contribution is -1.95. The Morgan fingerprint density at radius 2 is 0.558 bits per heavy atom. The molecule has 0 aliphatic carbocycles. The van der Waals surface area contributed by atoms with Gasteiger partial charge in [0.2, 0.25) is 0 Å². The molecule has 442 valence electrons. The van der Waals surface area contributed by atoms with Crippen LogP contribution in [0.2, 0.25) is 0 Å². The molecule has 15 aromatic carbocycles. The van der Waals surface area contributed by atoms with Gasteiger partial charge in [0.25, 0.3) is 0 Å². The number of hydrogen-bond acceptors (Lipinski definition) is 1. The van der Waals surface area contributed by atoms with E-state index in [1.54, 1.807) is 0 Å². The zero-order valence-corrected chi connectivity index (χ0v) is 51.5. The van der Waals surface area contributed by atoms with Gasteiger partial charge in [0.1, 0.15) is 11.2 Å². The van der Waals surface area contributed by atoms with Gasteiger partial charge in [0.05, 0.1) is 44.1 Å². The van der Waals surface area contributed by atoms with Crippen LogP contribution in [0.5, 0.6) is 0 Å². The van der Waals surface area contributed by atoms with Gasteiger partial charge in [0.15, 0.2) is 0 Å². The molecule has 0 saturated heterocycles. The molecular formula is C90H56N4O. The van der Waals surface area contributed by atoms with Gasteiger partial charge in [-0.15, -0.1) is 0 Å². The van der Waals surface area contributed by atoms with E-state index in [2.05, 4.69) is 352 Å². The Morgan fingerprint density at radius 1 is 0.168 bits per heavy atom. The van der Waals surface area contributed by atoms with Crippen LogP contribution in [0.4, 0.5) is 0 Å². The summed E-state index contributed by atoms with van der Waals surface area (Å²) in [6.07, 6.45) is 0. The number of para-hydroxylation sites is 7. The molecule has 0 aliphatic heterocycles. The lowest BCUT2D eigenvalue weighted by atomic mass is 9.89. The minimum absolute atomic E-state index is 0.882. The molecule has 0 N–H and O–H groups in total. The molecule has 0 saturated carbocycles. The maximum absolute atomic E-state index is 6.36. The van der Waals surface area contributed by atoms with Gasteiger partial charge in [-0.05, 0) is 183 Å². The highest BCUT2D eigenvalue weighted by Gasteiger charge is 2.25. The second-order valence-corrected chi connectivity index (χ2v) is 25.1. The van der Waals surface area contributed by atoms with Crippen molar-refractivity contribution in [2.24, 2.45) is 0 Å². The van der Waals surface area contributed by atoms with Crippen LogP contribution in [0.15, 0.2) is 344 Å². The molecular weight excluding hydrogens is 1150 g/mol. The Kier molecular flexibility index (Phi) is 11.7. The molecule has 5 heterocycles. The standard InChI is InChI=1S/C90H56N4O/c1-5-23-58(24-6-1)71-55-86-77(54-74(71)68-35-21-40-83-89(68)69-33-14-18-38-80(69)91(83)61-25-7-2-8-26-61)75-51-60(47-49-82(75)93(86)63-29-11-4-12-30-63)57-43-45-59(46-44-57)72-56-85-76(65-31-13-17-37-79(65)92(85)62-27-9-3-10-28-62)53-73(72)67-36-22-41-84-90(67)70-34-15-19-39-81(70)94(84)64-48-50-88-78(52-64)66-32-16-20-42-87(66)95-88/h1-56H. The fourth-order valence-electron chi connectivity index (χ4n) is 15.8. The molecule has 0 aliphatic rings. The number of hydrogen-bond donors (Lipinski definition) is 0. The van der Waals surface area contributed by atoms with Crippen molar-refractivity contribution in [3.8, 4) is 78.4 Å². The SMILES string of the molecule is c1ccc(-c2cc3c(cc2-c2cccc4c2c2ccccc2n4-c2ccccc2)c2cc(-c4ccc(-c5cc6c(cc5-c5cccc7c5c5ccccc5n7-c5ccc7oc8ccccc8c7c5)c5ccccc5n6-c5ccccc5)cc4)ccc2n3-c2ccccc2)cc1. The van der Waals surface area contributed by atoms with E-state index >= 15 is 0 Å². The van der Waals surface area contributed by atoms with Crippen molar-refractivity contribution in [1.82, 2.24) is 18.3 Å². The van der Waals surface area contributed by atoms with Gasteiger partial charge in [-0.3, -0.25) is 0 Å². The van der Waals surface area contributed by atoms with E-state index in [1.807, 2.05) is 6.07 Å². The van der Waals surface area contributed by atoms with E-state index in [0.29, 0.717) is 0 Å². The molecule has 0 fully saturated rings. The quantitative estimate of drug-likeness (QED) is 0.142. The number of aromatic nitrogens is 4. The highest BCUT2D eigenvalue weighted by Crippen LogP contribution is 2.49. The molecule has 5 aromatic heterocycles. The van der Waals surface area contributed by atoms with Crippen LogP contribution in [-0.4, -0.2) is 18.3 Å². The smallest absolute Gasteiger partial charge is 0.135 e. The van der Waals surface area contributed by atoms with Gasteiger partial charge in [-0.25, -0.2) is 0 Å². The largest absolute Gasteiger partial charge is 0.456 e. The lowest BCUT2D eigenvalue weighted by Gasteiger charge is -2.15. The van der Waals surface area contributed by atoms with Crippen LogP contribution in [0.3, 0.4) is 0 Å². The summed E-state index contributed by atoms with van der Waals surface area (Å²) >= 11 is 0. The Balaban J connectivity index is 0.793. The predicted molar refractivity (Wildman–Crippen MR) is 398 cm³/mol. The average molecular weight is 1210 g/mol. The zero-order valence-electron chi connectivity index (χ0n) is 51.5. The Morgan fingerprint density at radius 3 is 1.13 bits per heavy atom. The van der Waals surface area contributed by atoms with E-state index in [4.69, 9.17) is 4.42 Å². The van der Waals surface area contributed by atoms with Gasteiger partial charge in [-0.1, -0.05) is 212 Å². The third kappa shape index (κ3) is 8.10. The van der Waals surface area contributed by atoms with Crippen molar-refractivity contribution in [2.45, 2.75) is 0 Å². The number of rotatable bonds is 9. The van der Waals surface area contributed by atoms with Crippen molar-refractivity contribution in [2.75, 3.05) is 0 Å². The molecule has 0 radical (unpaired) electrons. The summed E-state index contributed by atoms with van der Waals surface area (Å²) in [5.41, 5.74) is 27.2. The van der Waals surface area contributed by atoms with Crippen LogP contribution in [0.25, 0.3) is 188 Å². The van der Waals surface area contributed by atoms with E-state index in [0.717, 1.165) is 94.5 Å². The molecule has 95 heavy (non-hydrogen) atoms. The van der Waals surface area contributed by atoms with Crippen molar-refractivity contribution in [3.63, 3.8) is 0 Å². The van der Waals surface area contributed by atoms with Crippen LogP contribution in [0.1, 0.15) is 0 Å². The number of nitrogens with zero attached hydrogens (tertiary/aromatic N) is 4. The maximum Gasteiger partial charge on any atom is 0.135 e. The van der Waals surface area contributed by atoms with Gasteiger partial charge in [-0.2, -0.15) is 0 Å². The molecule has 20 aromatic rings. The van der Waals surface area contributed by atoms with Crippen molar-refractivity contribution >= 4 is 109 Å². The normalized spacial score (nSPS) is 12.0.